The van der Waals surface area contributed by atoms with E-state index in [0.29, 0.717) is 55.2 Å². The molecular formula is C18H19F2N3O2. The standard InChI is InChI=1S/C18H19F2N3O2/c1-25-7-5-21-18(24)12-2-3-17(22-10-12)23-6-4-15-13(11-23)8-14(19)9-16(15)20/h2-3,8-10H,4-7,11H2,1H3,(H,21,24). The molecule has 25 heavy (non-hydrogen) atoms. The van der Waals surface area contributed by atoms with Crippen LogP contribution in [-0.4, -0.2) is 37.7 Å². The molecule has 1 N–H and O–H groups in total. The van der Waals surface area contributed by atoms with Crippen LogP contribution in [-0.2, 0) is 17.7 Å². The molecule has 1 aromatic carbocycles. The molecule has 0 aliphatic carbocycles. The maximum absolute atomic E-state index is 13.8. The summed E-state index contributed by atoms with van der Waals surface area (Å²) in [6.07, 6.45) is 1.99. The second-order valence-corrected chi connectivity index (χ2v) is 5.85. The number of aromatic nitrogens is 1. The van der Waals surface area contributed by atoms with Gasteiger partial charge < -0.3 is 15.0 Å². The number of pyridine rings is 1. The molecule has 7 heteroatoms. The number of nitrogens with zero attached hydrogens (tertiary/aromatic N) is 2. The number of halogens is 2. The highest BCUT2D eigenvalue weighted by molar-refractivity contribution is 5.94. The summed E-state index contributed by atoms with van der Waals surface area (Å²) in [4.78, 5) is 18.2. The highest BCUT2D eigenvalue weighted by atomic mass is 19.1. The summed E-state index contributed by atoms with van der Waals surface area (Å²) < 4.78 is 32.1. The van der Waals surface area contributed by atoms with E-state index in [2.05, 4.69) is 10.3 Å². The number of fused-ring (bicyclic) bond motifs is 1. The zero-order valence-corrected chi connectivity index (χ0v) is 13.9. The Morgan fingerprint density at radius 1 is 1.36 bits per heavy atom. The van der Waals surface area contributed by atoms with Gasteiger partial charge >= 0.3 is 0 Å². The quantitative estimate of drug-likeness (QED) is 0.844. The van der Waals surface area contributed by atoms with Crippen molar-refractivity contribution in [3.63, 3.8) is 0 Å². The van der Waals surface area contributed by atoms with E-state index in [9.17, 15) is 13.6 Å². The SMILES string of the molecule is COCCNC(=O)c1ccc(N2CCc3c(F)cc(F)cc3C2)nc1. The van der Waals surface area contributed by atoms with Crippen LogP contribution in [0.2, 0.25) is 0 Å². The normalized spacial score (nSPS) is 13.5. The first-order valence-electron chi connectivity index (χ1n) is 8.03. The van der Waals surface area contributed by atoms with Crippen molar-refractivity contribution in [2.75, 3.05) is 31.7 Å². The molecule has 0 atom stereocenters. The lowest BCUT2D eigenvalue weighted by molar-refractivity contribution is 0.0936. The first-order chi connectivity index (χ1) is 12.1. The van der Waals surface area contributed by atoms with E-state index < -0.39 is 11.6 Å². The summed E-state index contributed by atoms with van der Waals surface area (Å²) in [6, 6.07) is 5.71. The van der Waals surface area contributed by atoms with Gasteiger partial charge in [0.1, 0.15) is 17.5 Å². The first kappa shape index (κ1) is 17.3. The van der Waals surface area contributed by atoms with Crippen LogP contribution in [0.15, 0.2) is 30.5 Å². The molecule has 1 aliphatic rings. The Kier molecular flexibility index (Phi) is 5.23. The Morgan fingerprint density at radius 3 is 2.92 bits per heavy atom. The third-order valence-corrected chi connectivity index (χ3v) is 4.17. The molecule has 0 bridgehead atoms. The number of amides is 1. The van der Waals surface area contributed by atoms with Gasteiger partial charge in [-0.3, -0.25) is 4.79 Å². The van der Waals surface area contributed by atoms with Gasteiger partial charge in [-0.1, -0.05) is 0 Å². The van der Waals surface area contributed by atoms with E-state index in [1.165, 1.54) is 12.3 Å². The minimum atomic E-state index is -0.575. The van der Waals surface area contributed by atoms with Crippen molar-refractivity contribution in [3.8, 4) is 0 Å². The van der Waals surface area contributed by atoms with Crippen molar-refractivity contribution >= 4 is 11.7 Å². The summed E-state index contributed by atoms with van der Waals surface area (Å²) in [5, 5.41) is 2.72. The van der Waals surface area contributed by atoms with Gasteiger partial charge in [-0.05, 0) is 35.7 Å². The Balaban J connectivity index is 1.70. The van der Waals surface area contributed by atoms with Crippen LogP contribution >= 0.6 is 0 Å². The largest absolute Gasteiger partial charge is 0.383 e. The summed E-state index contributed by atoms with van der Waals surface area (Å²) in [6.45, 7) is 1.84. The molecule has 0 saturated heterocycles. The van der Waals surface area contributed by atoms with E-state index >= 15 is 0 Å². The molecule has 132 valence electrons. The van der Waals surface area contributed by atoms with Gasteiger partial charge in [0.05, 0.1) is 12.2 Å². The average molecular weight is 347 g/mol. The molecule has 0 fully saturated rings. The van der Waals surface area contributed by atoms with Crippen LogP contribution in [0.4, 0.5) is 14.6 Å². The summed E-state index contributed by atoms with van der Waals surface area (Å²) >= 11 is 0. The van der Waals surface area contributed by atoms with Crippen molar-refractivity contribution in [1.82, 2.24) is 10.3 Å². The van der Waals surface area contributed by atoms with E-state index in [4.69, 9.17) is 4.74 Å². The van der Waals surface area contributed by atoms with Gasteiger partial charge in [0.25, 0.3) is 5.91 Å². The van der Waals surface area contributed by atoms with Crippen molar-refractivity contribution in [1.29, 1.82) is 0 Å². The molecule has 1 aromatic heterocycles. The van der Waals surface area contributed by atoms with E-state index in [1.807, 2.05) is 4.90 Å². The molecule has 5 nitrogen and oxygen atoms in total. The van der Waals surface area contributed by atoms with Crippen LogP contribution in [0.25, 0.3) is 0 Å². The van der Waals surface area contributed by atoms with Crippen molar-refractivity contribution in [2.45, 2.75) is 13.0 Å². The number of hydrogen-bond acceptors (Lipinski definition) is 4. The number of carbonyl (C=O) groups excluding carboxylic acids is 1. The van der Waals surface area contributed by atoms with Gasteiger partial charge in [0, 0.05) is 39.0 Å². The van der Waals surface area contributed by atoms with E-state index in [-0.39, 0.29) is 5.91 Å². The second-order valence-electron chi connectivity index (χ2n) is 5.85. The Bertz CT molecular complexity index is 766. The lowest BCUT2D eigenvalue weighted by atomic mass is 9.99. The molecule has 0 spiro atoms. The predicted molar refractivity (Wildman–Crippen MR) is 89.6 cm³/mol. The van der Waals surface area contributed by atoms with Crippen molar-refractivity contribution < 1.29 is 18.3 Å². The molecule has 3 rings (SSSR count). The van der Waals surface area contributed by atoms with E-state index in [0.717, 1.165) is 6.07 Å². The number of ether oxygens (including phenoxy) is 1. The Hall–Kier alpha value is -2.54. The monoisotopic (exact) mass is 347 g/mol. The van der Waals surface area contributed by atoms with Crippen LogP contribution in [0.1, 0.15) is 21.5 Å². The highest BCUT2D eigenvalue weighted by Gasteiger charge is 2.21. The molecule has 0 unspecified atom stereocenters. The van der Waals surface area contributed by atoms with Gasteiger partial charge in [0.2, 0.25) is 0 Å². The molecule has 0 saturated carbocycles. The average Bonchev–Trinajstić information content (AvgIpc) is 2.61. The zero-order chi connectivity index (χ0) is 17.8. The number of hydrogen-bond donors (Lipinski definition) is 1. The minimum absolute atomic E-state index is 0.218. The molecule has 1 amide bonds. The fourth-order valence-corrected chi connectivity index (χ4v) is 2.88. The second kappa shape index (κ2) is 7.57. The van der Waals surface area contributed by atoms with Gasteiger partial charge in [-0.15, -0.1) is 0 Å². The van der Waals surface area contributed by atoms with Crippen LogP contribution in [0, 0.1) is 11.6 Å². The van der Waals surface area contributed by atoms with Crippen molar-refractivity contribution in [3.05, 3.63) is 58.8 Å². The van der Waals surface area contributed by atoms with Crippen LogP contribution in [0.3, 0.4) is 0 Å². The highest BCUT2D eigenvalue weighted by Crippen LogP contribution is 2.26. The number of carbonyl (C=O) groups is 1. The third kappa shape index (κ3) is 3.93. The number of rotatable bonds is 5. The number of benzene rings is 1. The van der Waals surface area contributed by atoms with Crippen LogP contribution < -0.4 is 10.2 Å². The lowest BCUT2D eigenvalue weighted by Gasteiger charge is -2.30. The van der Waals surface area contributed by atoms with Crippen LogP contribution in [0.5, 0.6) is 0 Å². The Morgan fingerprint density at radius 2 is 2.20 bits per heavy atom. The lowest BCUT2D eigenvalue weighted by Crippen LogP contribution is -2.32. The summed E-state index contributed by atoms with van der Waals surface area (Å²) in [7, 11) is 1.57. The van der Waals surface area contributed by atoms with Gasteiger partial charge in [0.15, 0.2) is 0 Å². The Labute approximate surface area is 144 Å². The van der Waals surface area contributed by atoms with Crippen molar-refractivity contribution in [2.24, 2.45) is 0 Å². The molecule has 0 radical (unpaired) electrons. The maximum atomic E-state index is 13.8. The summed E-state index contributed by atoms with van der Waals surface area (Å²) in [5.41, 5.74) is 1.65. The number of anilines is 1. The maximum Gasteiger partial charge on any atom is 0.252 e. The molecular weight excluding hydrogens is 328 g/mol. The topological polar surface area (TPSA) is 54.5 Å². The number of nitrogens with one attached hydrogen (secondary N) is 1. The zero-order valence-electron chi connectivity index (χ0n) is 13.9. The smallest absolute Gasteiger partial charge is 0.252 e. The van der Waals surface area contributed by atoms with Gasteiger partial charge in [-0.25, -0.2) is 13.8 Å². The van der Waals surface area contributed by atoms with E-state index in [1.54, 1.807) is 19.2 Å². The minimum Gasteiger partial charge on any atom is -0.383 e. The fourth-order valence-electron chi connectivity index (χ4n) is 2.88. The first-order valence-corrected chi connectivity index (χ1v) is 8.03. The predicted octanol–water partition coefficient (Wildman–Crippen LogP) is 2.30. The third-order valence-electron chi connectivity index (χ3n) is 4.17. The number of methoxy groups -OCH3 is 1. The molecule has 2 aromatic rings. The fraction of sp³-hybridized carbons (Fsp3) is 0.333. The van der Waals surface area contributed by atoms with Gasteiger partial charge in [-0.2, -0.15) is 0 Å². The summed E-state index contributed by atoms with van der Waals surface area (Å²) in [5.74, 6) is -0.618. The molecule has 1 aliphatic heterocycles. The molecule has 2 heterocycles.